The number of quaternary nitrogens is 1. The molecule has 0 N–H and O–H groups in total. The van der Waals surface area contributed by atoms with Gasteiger partial charge in [0.25, 0.3) is 0 Å². The molecule has 0 aliphatic heterocycles. The fourth-order valence-corrected chi connectivity index (χ4v) is 3.67. The standard InChI is InChI=1S/C26H38NO/c1-4-27(5-2,6-3)22-12-7-8-13-23-28-26-20-18-25(19-21-26)17-16-24-14-10-9-11-15-24/h9-11,14-21H,4-8,12-13,22-23H2,1-3H3/q+1/b17-16+. The van der Waals surface area contributed by atoms with Crippen molar-refractivity contribution in [1.82, 2.24) is 0 Å². The number of hydrogen-bond donors (Lipinski definition) is 0. The van der Waals surface area contributed by atoms with Gasteiger partial charge in [0.1, 0.15) is 5.75 Å². The van der Waals surface area contributed by atoms with E-state index in [1.54, 1.807) is 0 Å². The van der Waals surface area contributed by atoms with E-state index in [1.165, 1.54) is 61.1 Å². The second-order valence-electron chi connectivity index (χ2n) is 7.59. The van der Waals surface area contributed by atoms with E-state index in [9.17, 15) is 0 Å². The Balaban J connectivity index is 1.62. The van der Waals surface area contributed by atoms with Crippen LogP contribution in [0.15, 0.2) is 54.6 Å². The zero-order chi connectivity index (χ0) is 20.1. The molecule has 0 heterocycles. The predicted octanol–water partition coefficient (Wildman–Crippen LogP) is 6.67. The molecule has 0 amide bonds. The van der Waals surface area contributed by atoms with E-state index in [2.05, 4.69) is 81.5 Å². The van der Waals surface area contributed by atoms with Gasteiger partial charge in [0.15, 0.2) is 0 Å². The van der Waals surface area contributed by atoms with E-state index in [0.29, 0.717) is 0 Å². The summed E-state index contributed by atoms with van der Waals surface area (Å²) in [6.07, 6.45) is 9.32. The molecule has 0 saturated carbocycles. The van der Waals surface area contributed by atoms with Gasteiger partial charge in [-0.15, -0.1) is 0 Å². The van der Waals surface area contributed by atoms with E-state index in [0.717, 1.165) is 18.8 Å². The Morgan fingerprint density at radius 3 is 1.86 bits per heavy atom. The molecular formula is C26H38NO+. The van der Waals surface area contributed by atoms with Crippen molar-refractivity contribution in [3.05, 3.63) is 65.7 Å². The minimum absolute atomic E-state index is 0.814. The number of ether oxygens (including phenoxy) is 1. The first-order chi connectivity index (χ1) is 13.7. The van der Waals surface area contributed by atoms with Crippen LogP contribution in [0.4, 0.5) is 0 Å². The normalized spacial score (nSPS) is 11.8. The van der Waals surface area contributed by atoms with Crippen molar-refractivity contribution >= 4 is 12.2 Å². The first kappa shape index (κ1) is 22.2. The molecule has 2 nitrogen and oxygen atoms in total. The molecule has 0 saturated heterocycles. The third-order valence-electron chi connectivity index (χ3n) is 5.96. The molecule has 0 aliphatic carbocycles. The minimum atomic E-state index is 0.814. The van der Waals surface area contributed by atoms with Crippen LogP contribution in [0, 0.1) is 0 Å². The van der Waals surface area contributed by atoms with Crippen molar-refractivity contribution in [1.29, 1.82) is 0 Å². The summed E-state index contributed by atoms with van der Waals surface area (Å²) in [5.41, 5.74) is 2.41. The molecule has 0 aromatic heterocycles. The van der Waals surface area contributed by atoms with E-state index < -0.39 is 0 Å². The first-order valence-electron chi connectivity index (χ1n) is 11.0. The highest BCUT2D eigenvalue weighted by Crippen LogP contribution is 2.16. The molecule has 0 spiro atoms. The highest BCUT2D eigenvalue weighted by molar-refractivity contribution is 5.69. The summed E-state index contributed by atoms with van der Waals surface area (Å²) in [6, 6.07) is 18.8. The average Bonchev–Trinajstić information content (AvgIpc) is 2.76. The lowest BCUT2D eigenvalue weighted by Crippen LogP contribution is -2.48. The molecule has 2 rings (SSSR count). The zero-order valence-corrected chi connectivity index (χ0v) is 18.1. The lowest BCUT2D eigenvalue weighted by atomic mass is 10.1. The second kappa shape index (κ2) is 12.4. The van der Waals surface area contributed by atoms with Gasteiger partial charge in [0, 0.05) is 0 Å². The molecule has 0 radical (unpaired) electrons. The molecule has 0 fully saturated rings. The molecule has 0 atom stereocenters. The predicted molar refractivity (Wildman–Crippen MR) is 123 cm³/mol. The van der Waals surface area contributed by atoms with E-state index in [1.807, 2.05) is 6.07 Å². The first-order valence-corrected chi connectivity index (χ1v) is 11.0. The Morgan fingerprint density at radius 2 is 1.25 bits per heavy atom. The van der Waals surface area contributed by atoms with Crippen LogP contribution in [0.2, 0.25) is 0 Å². The van der Waals surface area contributed by atoms with E-state index in [-0.39, 0.29) is 0 Å². The Hall–Kier alpha value is -2.06. The van der Waals surface area contributed by atoms with Crippen LogP contribution >= 0.6 is 0 Å². The lowest BCUT2D eigenvalue weighted by molar-refractivity contribution is -0.923. The largest absolute Gasteiger partial charge is 0.494 e. The number of benzene rings is 2. The van der Waals surface area contributed by atoms with E-state index >= 15 is 0 Å². The topological polar surface area (TPSA) is 9.23 Å². The molecule has 28 heavy (non-hydrogen) atoms. The third-order valence-corrected chi connectivity index (χ3v) is 5.96. The molecule has 2 heteroatoms. The van der Waals surface area contributed by atoms with Crippen molar-refractivity contribution in [2.75, 3.05) is 32.8 Å². The molecule has 2 aromatic rings. The Labute approximate surface area is 172 Å². The molecule has 0 aliphatic rings. The number of unbranched alkanes of at least 4 members (excludes halogenated alkanes) is 3. The van der Waals surface area contributed by atoms with Gasteiger partial charge in [-0.3, -0.25) is 0 Å². The van der Waals surface area contributed by atoms with Crippen molar-refractivity contribution in [2.24, 2.45) is 0 Å². The summed E-state index contributed by atoms with van der Waals surface area (Å²) in [5.74, 6) is 0.968. The van der Waals surface area contributed by atoms with Crippen LogP contribution in [-0.4, -0.2) is 37.3 Å². The Morgan fingerprint density at radius 1 is 0.679 bits per heavy atom. The summed E-state index contributed by atoms with van der Waals surface area (Å²) in [4.78, 5) is 0. The molecule has 0 bridgehead atoms. The maximum atomic E-state index is 5.91. The van der Waals surface area contributed by atoms with Crippen LogP contribution in [0.5, 0.6) is 5.75 Å². The van der Waals surface area contributed by atoms with Gasteiger partial charge in [-0.1, -0.05) is 54.6 Å². The lowest BCUT2D eigenvalue weighted by Gasteiger charge is -2.35. The van der Waals surface area contributed by atoms with Gasteiger partial charge < -0.3 is 9.22 Å². The molecular weight excluding hydrogens is 342 g/mol. The van der Waals surface area contributed by atoms with Crippen LogP contribution < -0.4 is 4.74 Å². The number of rotatable bonds is 13. The zero-order valence-electron chi connectivity index (χ0n) is 18.1. The SMILES string of the molecule is CC[N+](CC)(CC)CCCCCCOc1ccc(/C=C/c2ccccc2)cc1. The summed E-state index contributed by atoms with van der Waals surface area (Å²) in [7, 11) is 0. The van der Waals surface area contributed by atoms with Gasteiger partial charge in [-0.05, 0) is 69.7 Å². The highest BCUT2D eigenvalue weighted by Gasteiger charge is 2.19. The van der Waals surface area contributed by atoms with Crippen molar-refractivity contribution in [2.45, 2.75) is 46.5 Å². The van der Waals surface area contributed by atoms with Crippen LogP contribution in [0.25, 0.3) is 12.2 Å². The number of hydrogen-bond acceptors (Lipinski definition) is 1. The van der Waals surface area contributed by atoms with Crippen molar-refractivity contribution < 1.29 is 9.22 Å². The highest BCUT2D eigenvalue weighted by atomic mass is 16.5. The number of nitrogens with zero attached hydrogens (tertiary/aromatic N) is 1. The van der Waals surface area contributed by atoms with Crippen molar-refractivity contribution in [3.63, 3.8) is 0 Å². The fourth-order valence-electron chi connectivity index (χ4n) is 3.67. The van der Waals surface area contributed by atoms with Crippen LogP contribution in [0.1, 0.15) is 57.6 Å². The van der Waals surface area contributed by atoms with Crippen LogP contribution in [-0.2, 0) is 0 Å². The summed E-state index contributed by atoms with van der Waals surface area (Å²) in [5, 5.41) is 0. The fraction of sp³-hybridized carbons (Fsp3) is 0.462. The minimum Gasteiger partial charge on any atom is -0.494 e. The smallest absolute Gasteiger partial charge is 0.119 e. The molecule has 2 aromatic carbocycles. The quantitative estimate of drug-likeness (QED) is 0.214. The average molecular weight is 381 g/mol. The van der Waals surface area contributed by atoms with Crippen LogP contribution in [0.3, 0.4) is 0 Å². The molecule has 0 unspecified atom stereocenters. The van der Waals surface area contributed by atoms with Gasteiger partial charge >= 0.3 is 0 Å². The van der Waals surface area contributed by atoms with Gasteiger partial charge in [-0.25, -0.2) is 0 Å². The van der Waals surface area contributed by atoms with Crippen molar-refractivity contribution in [3.8, 4) is 5.75 Å². The monoisotopic (exact) mass is 380 g/mol. The Kier molecular flexibility index (Phi) is 9.85. The maximum absolute atomic E-state index is 5.91. The van der Waals surface area contributed by atoms with Gasteiger partial charge in [0.2, 0.25) is 0 Å². The molecule has 152 valence electrons. The summed E-state index contributed by atoms with van der Waals surface area (Å²) >= 11 is 0. The second-order valence-corrected chi connectivity index (χ2v) is 7.59. The Bertz CT molecular complexity index is 663. The third kappa shape index (κ3) is 7.52. The summed E-state index contributed by atoms with van der Waals surface area (Å²) < 4.78 is 7.17. The van der Waals surface area contributed by atoms with E-state index in [4.69, 9.17) is 4.74 Å². The van der Waals surface area contributed by atoms with Gasteiger partial charge in [0.05, 0.1) is 32.8 Å². The maximum Gasteiger partial charge on any atom is 0.119 e. The summed E-state index contributed by atoms with van der Waals surface area (Å²) in [6.45, 7) is 12.9. The van der Waals surface area contributed by atoms with Gasteiger partial charge in [-0.2, -0.15) is 0 Å².